The van der Waals surface area contributed by atoms with Gasteiger partial charge in [0, 0.05) is 24.2 Å². The quantitative estimate of drug-likeness (QED) is 0.818. The molecular weight excluding hydrogens is 344 g/mol. The van der Waals surface area contributed by atoms with E-state index >= 15 is 0 Å². The summed E-state index contributed by atoms with van der Waals surface area (Å²) >= 11 is 0. The molecule has 1 aliphatic carbocycles. The number of rotatable bonds is 6. The molecule has 0 spiro atoms. The summed E-state index contributed by atoms with van der Waals surface area (Å²) < 4.78 is 1.16. The topological polar surface area (TPSA) is 93.1 Å². The fourth-order valence-corrected chi connectivity index (χ4v) is 3.14. The molecule has 2 amide bonds. The highest BCUT2D eigenvalue weighted by atomic mass is 16.2. The Balaban J connectivity index is 1.61. The standard InChI is InChI=1S/C20H24N4O3/c1-14-6-8-16(9-7-14)22-20(27)17-10-11-19(26)24(23-17)13-12-18(25)21-15-4-2-3-5-15/h6-11,15H,2-5,12-13H2,1H3,(H,21,25)(H,22,27). The number of benzene rings is 1. The van der Waals surface area contributed by atoms with Crippen LogP contribution in [0.5, 0.6) is 0 Å². The Morgan fingerprint density at radius 1 is 1.11 bits per heavy atom. The molecule has 7 heteroatoms. The fraction of sp³-hybridized carbons (Fsp3) is 0.400. The first-order chi connectivity index (χ1) is 13.0. The maximum atomic E-state index is 12.4. The second-order valence-corrected chi connectivity index (χ2v) is 6.90. The van der Waals surface area contributed by atoms with Crippen molar-refractivity contribution in [1.82, 2.24) is 15.1 Å². The summed E-state index contributed by atoms with van der Waals surface area (Å²) in [6.45, 7) is 2.11. The minimum absolute atomic E-state index is 0.0925. The van der Waals surface area contributed by atoms with Gasteiger partial charge in [-0.05, 0) is 38.0 Å². The average Bonchev–Trinajstić information content (AvgIpc) is 3.16. The number of nitrogens with one attached hydrogen (secondary N) is 2. The highest BCUT2D eigenvalue weighted by Crippen LogP contribution is 2.17. The van der Waals surface area contributed by atoms with Gasteiger partial charge in [0.25, 0.3) is 11.5 Å². The number of hydrogen-bond donors (Lipinski definition) is 2. The molecule has 1 fully saturated rings. The normalized spacial score (nSPS) is 14.1. The zero-order valence-corrected chi connectivity index (χ0v) is 15.4. The van der Waals surface area contributed by atoms with Crippen LogP contribution in [0.3, 0.4) is 0 Å². The van der Waals surface area contributed by atoms with Crippen LogP contribution in [0.25, 0.3) is 0 Å². The number of anilines is 1. The molecule has 1 aliphatic rings. The Hall–Kier alpha value is -2.96. The zero-order chi connectivity index (χ0) is 19.2. The Bertz CT molecular complexity index is 868. The molecule has 1 saturated carbocycles. The highest BCUT2D eigenvalue weighted by Gasteiger charge is 2.17. The number of aromatic nitrogens is 2. The van der Waals surface area contributed by atoms with Gasteiger partial charge in [-0.15, -0.1) is 0 Å². The number of aryl methyl sites for hydroxylation is 2. The summed E-state index contributed by atoms with van der Waals surface area (Å²) in [6.07, 6.45) is 4.47. The van der Waals surface area contributed by atoms with Crippen molar-refractivity contribution in [3.05, 3.63) is 58.0 Å². The number of carbonyl (C=O) groups is 2. The summed E-state index contributed by atoms with van der Waals surface area (Å²) in [5, 5.41) is 9.83. The van der Waals surface area contributed by atoms with Crippen LogP contribution >= 0.6 is 0 Å². The zero-order valence-electron chi connectivity index (χ0n) is 15.4. The van der Waals surface area contributed by atoms with Crippen LogP contribution in [0.15, 0.2) is 41.2 Å². The van der Waals surface area contributed by atoms with Gasteiger partial charge in [0.2, 0.25) is 5.91 Å². The molecule has 2 aromatic rings. The first-order valence-corrected chi connectivity index (χ1v) is 9.27. The Labute approximate surface area is 157 Å². The molecule has 0 bridgehead atoms. The maximum Gasteiger partial charge on any atom is 0.276 e. The van der Waals surface area contributed by atoms with Crippen molar-refractivity contribution in [3.8, 4) is 0 Å². The van der Waals surface area contributed by atoms with E-state index in [0.29, 0.717) is 5.69 Å². The van der Waals surface area contributed by atoms with Crippen molar-refractivity contribution in [2.45, 2.75) is 51.6 Å². The van der Waals surface area contributed by atoms with Gasteiger partial charge in [-0.1, -0.05) is 30.5 Å². The van der Waals surface area contributed by atoms with Crippen LogP contribution < -0.4 is 16.2 Å². The molecule has 3 rings (SSSR count). The lowest BCUT2D eigenvalue weighted by atomic mass is 10.2. The van der Waals surface area contributed by atoms with Crippen molar-refractivity contribution in [3.63, 3.8) is 0 Å². The molecule has 142 valence electrons. The van der Waals surface area contributed by atoms with Gasteiger partial charge in [-0.25, -0.2) is 4.68 Å². The smallest absolute Gasteiger partial charge is 0.276 e. The van der Waals surface area contributed by atoms with Crippen LogP contribution in [-0.2, 0) is 11.3 Å². The second kappa shape index (κ2) is 8.62. The average molecular weight is 368 g/mol. The van der Waals surface area contributed by atoms with Crippen LogP contribution in [0.2, 0.25) is 0 Å². The Morgan fingerprint density at radius 3 is 2.52 bits per heavy atom. The molecule has 1 aromatic carbocycles. The third kappa shape index (κ3) is 5.26. The molecule has 0 saturated heterocycles. The SMILES string of the molecule is Cc1ccc(NC(=O)c2ccc(=O)n(CCC(=O)NC3CCCC3)n2)cc1. The monoisotopic (exact) mass is 368 g/mol. The maximum absolute atomic E-state index is 12.4. The third-order valence-electron chi connectivity index (χ3n) is 4.68. The molecule has 1 heterocycles. The molecule has 0 unspecified atom stereocenters. The summed E-state index contributed by atoms with van der Waals surface area (Å²) in [6, 6.07) is 10.3. The van der Waals surface area contributed by atoms with Crippen molar-refractivity contribution < 1.29 is 9.59 Å². The van der Waals surface area contributed by atoms with E-state index in [2.05, 4.69) is 15.7 Å². The number of carbonyl (C=O) groups excluding carboxylic acids is 2. The van der Waals surface area contributed by atoms with E-state index in [4.69, 9.17) is 0 Å². The molecule has 1 aromatic heterocycles. The molecular formula is C20H24N4O3. The minimum Gasteiger partial charge on any atom is -0.353 e. The lowest BCUT2D eigenvalue weighted by Crippen LogP contribution is -2.34. The van der Waals surface area contributed by atoms with Gasteiger partial charge in [0.15, 0.2) is 0 Å². The molecule has 0 aliphatic heterocycles. The molecule has 7 nitrogen and oxygen atoms in total. The van der Waals surface area contributed by atoms with Crippen LogP contribution in [0.4, 0.5) is 5.69 Å². The van der Waals surface area contributed by atoms with E-state index in [0.717, 1.165) is 35.9 Å². The molecule has 27 heavy (non-hydrogen) atoms. The summed E-state index contributed by atoms with van der Waals surface area (Å²) in [7, 11) is 0. The van der Waals surface area contributed by atoms with E-state index in [1.807, 2.05) is 19.1 Å². The lowest BCUT2D eigenvalue weighted by Gasteiger charge is -2.12. The van der Waals surface area contributed by atoms with Crippen molar-refractivity contribution >= 4 is 17.5 Å². The predicted octanol–water partition coefficient (Wildman–Crippen LogP) is 2.25. The summed E-state index contributed by atoms with van der Waals surface area (Å²) in [5.41, 5.74) is 1.54. The van der Waals surface area contributed by atoms with Crippen molar-refractivity contribution in [2.75, 3.05) is 5.32 Å². The second-order valence-electron chi connectivity index (χ2n) is 6.90. The van der Waals surface area contributed by atoms with Crippen LogP contribution in [-0.4, -0.2) is 27.6 Å². The summed E-state index contributed by atoms with van der Waals surface area (Å²) in [5.74, 6) is -0.492. The molecule has 0 radical (unpaired) electrons. The lowest BCUT2D eigenvalue weighted by molar-refractivity contribution is -0.122. The van der Waals surface area contributed by atoms with Gasteiger partial charge < -0.3 is 10.6 Å². The molecule has 2 N–H and O–H groups in total. The van der Waals surface area contributed by atoms with E-state index in [9.17, 15) is 14.4 Å². The van der Waals surface area contributed by atoms with E-state index in [1.54, 1.807) is 12.1 Å². The molecule has 0 atom stereocenters. The predicted molar refractivity (Wildman–Crippen MR) is 103 cm³/mol. The van der Waals surface area contributed by atoms with Crippen LogP contribution in [0, 0.1) is 6.92 Å². The highest BCUT2D eigenvalue weighted by molar-refractivity contribution is 6.02. The summed E-state index contributed by atoms with van der Waals surface area (Å²) in [4.78, 5) is 36.4. The van der Waals surface area contributed by atoms with Gasteiger partial charge in [0.1, 0.15) is 5.69 Å². The Kier molecular flexibility index (Phi) is 6.01. The first-order valence-electron chi connectivity index (χ1n) is 9.27. The van der Waals surface area contributed by atoms with Gasteiger partial charge >= 0.3 is 0 Å². The first kappa shape index (κ1) is 18.8. The fourth-order valence-electron chi connectivity index (χ4n) is 3.14. The van der Waals surface area contributed by atoms with E-state index in [1.165, 1.54) is 12.1 Å². The van der Waals surface area contributed by atoms with Crippen molar-refractivity contribution in [1.29, 1.82) is 0 Å². The number of nitrogens with zero attached hydrogens (tertiary/aromatic N) is 2. The largest absolute Gasteiger partial charge is 0.353 e. The Morgan fingerprint density at radius 2 is 1.81 bits per heavy atom. The number of amides is 2. The van der Waals surface area contributed by atoms with Gasteiger partial charge in [0.05, 0.1) is 6.54 Å². The van der Waals surface area contributed by atoms with Gasteiger partial charge in [-0.2, -0.15) is 5.10 Å². The van der Waals surface area contributed by atoms with E-state index in [-0.39, 0.29) is 36.2 Å². The van der Waals surface area contributed by atoms with Gasteiger partial charge in [-0.3, -0.25) is 14.4 Å². The third-order valence-corrected chi connectivity index (χ3v) is 4.68. The minimum atomic E-state index is -0.400. The van der Waals surface area contributed by atoms with E-state index < -0.39 is 5.91 Å². The van der Waals surface area contributed by atoms with Crippen molar-refractivity contribution in [2.24, 2.45) is 0 Å². The number of hydrogen-bond acceptors (Lipinski definition) is 4. The van der Waals surface area contributed by atoms with Crippen LogP contribution in [0.1, 0.15) is 48.2 Å².